The normalized spacial score (nSPS) is 10.7. The highest BCUT2D eigenvalue weighted by molar-refractivity contribution is 5.75. The monoisotopic (exact) mass is 216 g/mol. The van der Waals surface area contributed by atoms with Gasteiger partial charge in [0.2, 0.25) is 5.91 Å². The van der Waals surface area contributed by atoms with Crippen molar-refractivity contribution in [1.29, 1.82) is 0 Å². The third-order valence-corrected chi connectivity index (χ3v) is 2.06. The summed E-state index contributed by atoms with van der Waals surface area (Å²) < 4.78 is 0. The van der Waals surface area contributed by atoms with E-state index in [-0.39, 0.29) is 12.5 Å². The number of carbonyl (C=O) groups excluding carboxylic acids is 1. The van der Waals surface area contributed by atoms with Crippen LogP contribution in [0.3, 0.4) is 0 Å². The van der Waals surface area contributed by atoms with E-state index >= 15 is 0 Å². The van der Waals surface area contributed by atoms with Crippen molar-refractivity contribution in [2.75, 3.05) is 19.7 Å². The summed E-state index contributed by atoms with van der Waals surface area (Å²) in [5.41, 5.74) is 0. The number of carbonyl (C=O) groups is 1. The molecule has 0 rings (SSSR count). The third-order valence-electron chi connectivity index (χ3n) is 2.06. The van der Waals surface area contributed by atoms with Gasteiger partial charge in [-0.3, -0.25) is 4.79 Å². The van der Waals surface area contributed by atoms with Gasteiger partial charge < -0.3 is 15.7 Å². The number of aliphatic hydroxyl groups is 1. The van der Waals surface area contributed by atoms with Crippen LogP contribution in [0, 0.1) is 0 Å². The highest BCUT2D eigenvalue weighted by atomic mass is 16.2. The van der Waals surface area contributed by atoms with Crippen LogP contribution in [0.25, 0.3) is 0 Å². The zero-order valence-electron chi connectivity index (χ0n) is 9.88. The lowest BCUT2D eigenvalue weighted by Gasteiger charge is -2.08. The summed E-state index contributed by atoms with van der Waals surface area (Å²) in [4.78, 5) is 11.3. The largest absolute Gasteiger partial charge is 0.396 e. The van der Waals surface area contributed by atoms with E-state index in [1.54, 1.807) is 0 Å². The molecule has 0 bridgehead atoms. The van der Waals surface area contributed by atoms with E-state index in [2.05, 4.69) is 24.5 Å². The van der Waals surface area contributed by atoms with Crippen LogP contribution in [0.4, 0.5) is 0 Å². The average molecular weight is 216 g/mol. The van der Waals surface area contributed by atoms with Crippen LogP contribution in [-0.2, 0) is 4.79 Å². The number of hydrogen-bond acceptors (Lipinski definition) is 3. The molecule has 4 nitrogen and oxygen atoms in total. The van der Waals surface area contributed by atoms with Crippen molar-refractivity contribution in [2.45, 2.75) is 45.6 Å². The Hall–Kier alpha value is -0.610. The molecule has 0 aliphatic rings. The van der Waals surface area contributed by atoms with E-state index in [1.165, 1.54) is 0 Å². The Balaban J connectivity index is 3.19. The van der Waals surface area contributed by atoms with Crippen molar-refractivity contribution >= 4 is 5.91 Å². The molecule has 1 amide bonds. The molecule has 0 aromatic rings. The summed E-state index contributed by atoms with van der Waals surface area (Å²) >= 11 is 0. The van der Waals surface area contributed by atoms with Gasteiger partial charge in [0.1, 0.15) is 0 Å². The van der Waals surface area contributed by atoms with Gasteiger partial charge in [-0.2, -0.15) is 0 Å². The van der Waals surface area contributed by atoms with Crippen molar-refractivity contribution in [3.63, 3.8) is 0 Å². The molecule has 0 unspecified atom stereocenters. The maximum Gasteiger partial charge on any atom is 0.221 e. The summed E-state index contributed by atoms with van der Waals surface area (Å²) in [6.07, 6.45) is 3.29. The van der Waals surface area contributed by atoms with E-state index in [0.717, 1.165) is 32.4 Å². The molecule has 15 heavy (non-hydrogen) atoms. The number of hydrogen-bond donors (Lipinski definition) is 3. The predicted molar refractivity (Wildman–Crippen MR) is 61.7 cm³/mol. The second-order valence-electron chi connectivity index (χ2n) is 3.99. The van der Waals surface area contributed by atoms with Crippen LogP contribution in [0.15, 0.2) is 0 Å². The molecule has 4 heteroatoms. The molecule has 0 atom stereocenters. The van der Waals surface area contributed by atoms with Crippen molar-refractivity contribution in [3.8, 4) is 0 Å². The predicted octanol–water partition coefficient (Wildman–Crippen LogP) is 0.653. The number of nitrogens with one attached hydrogen (secondary N) is 2. The smallest absolute Gasteiger partial charge is 0.221 e. The fourth-order valence-corrected chi connectivity index (χ4v) is 1.20. The van der Waals surface area contributed by atoms with Gasteiger partial charge >= 0.3 is 0 Å². The first kappa shape index (κ1) is 14.4. The minimum Gasteiger partial charge on any atom is -0.396 e. The van der Waals surface area contributed by atoms with Crippen molar-refractivity contribution in [3.05, 3.63) is 0 Å². The summed E-state index contributed by atoms with van der Waals surface area (Å²) in [6.45, 7) is 5.83. The molecule has 0 aromatic carbocycles. The number of rotatable bonds is 9. The van der Waals surface area contributed by atoms with Crippen LogP contribution >= 0.6 is 0 Å². The van der Waals surface area contributed by atoms with Crippen LogP contribution in [-0.4, -0.2) is 36.8 Å². The number of amides is 1. The molecule has 0 radical (unpaired) electrons. The molecule has 0 saturated carbocycles. The van der Waals surface area contributed by atoms with E-state index in [9.17, 15) is 4.79 Å². The first-order valence-corrected chi connectivity index (χ1v) is 5.77. The Morgan fingerprint density at radius 3 is 2.53 bits per heavy atom. The lowest BCUT2D eigenvalue weighted by molar-refractivity contribution is -0.121. The minimum absolute atomic E-state index is 0.104. The van der Waals surface area contributed by atoms with Gasteiger partial charge in [0.15, 0.2) is 0 Å². The maximum atomic E-state index is 11.3. The Bertz CT molecular complexity index is 161. The molecule has 0 aromatic heterocycles. The maximum absolute atomic E-state index is 11.3. The second kappa shape index (κ2) is 9.93. The highest BCUT2D eigenvalue weighted by Crippen LogP contribution is 1.92. The van der Waals surface area contributed by atoms with Crippen molar-refractivity contribution < 1.29 is 9.90 Å². The van der Waals surface area contributed by atoms with Gasteiger partial charge in [0, 0.05) is 32.2 Å². The Morgan fingerprint density at radius 2 is 1.93 bits per heavy atom. The number of unbranched alkanes of at least 4 members (excludes halogenated alkanes) is 2. The van der Waals surface area contributed by atoms with Crippen LogP contribution < -0.4 is 10.6 Å². The van der Waals surface area contributed by atoms with E-state index in [0.29, 0.717) is 12.5 Å². The zero-order valence-corrected chi connectivity index (χ0v) is 9.88. The molecule has 3 N–H and O–H groups in total. The average Bonchev–Trinajstić information content (AvgIpc) is 2.17. The van der Waals surface area contributed by atoms with Gasteiger partial charge in [0.25, 0.3) is 0 Å². The van der Waals surface area contributed by atoms with Gasteiger partial charge in [-0.05, 0) is 19.3 Å². The van der Waals surface area contributed by atoms with Crippen LogP contribution in [0.1, 0.15) is 39.5 Å². The molecule has 0 aliphatic carbocycles. The summed E-state index contributed by atoms with van der Waals surface area (Å²) in [6, 6.07) is 0.433. The van der Waals surface area contributed by atoms with E-state index in [4.69, 9.17) is 5.11 Å². The molecule has 0 heterocycles. The first-order chi connectivity index (χ1) is 7.16. The lowest BCUT2D eigenvalue weighted by atomic mass is 10.2. The summed E-state index contributed by atoms with van der Waals surface area (Å²) in [5, 5.41) is 14.6. The van der Waals surface area contributed by atoms with Gasteiger partial charge in [-0.15, -0.1) is 0 Å². The SMILES string of the molecule is CC(C)NCCC(=O)NCCCCCO. The number of aliphatic hydroxyl groups excluding tert-OH is 1. The molecule has 0 spiro atoms. The highest BCUT2D eigenvalue weighted by Gasteiger charge is 2.00. The van der Waals surface area contributed by atoms with Gasteiger partial charge in [0.05, 0.1) is 0 Å². The summed E-state index contributed by atoms with van der Waals surface area (Å²) in [7, 11) is 0. The standard InChI is InChI=1S/C11H24N2O2/c1-10(2)12-8-6-11(15)13-7-4-3-5-9-14/h10,12,14H,3-9H2,1-2H3,(H,13,15). The fourth-order valence-electron chi connectivity index (χ4n) is 1.20. The molecular weight excluding hydrogens is 192 g/mol. The second-order valence-corrected chi connectivity index (χ2v) is 3.99. The van der Waals surface area contributed by atoms with Gasteiger partial charge in [-0.1, -0.05) is 13.8 Å². The Morgan fingerprint density at radius 1 is 1.20 bits per heavy atom. The fraction of sp³-hybridized carbons (Fsp3) is 0.909. The Labute approximate surface area is 92.4 Å². The zero-order chi connectivity index (χ0) is 11.5. The third kappa shape index (κ3) is 11.3. The quantitative estimate of drug-likeness (QED) is 0.496. The first-order valence-electron chi connectivity index (χ1n) is 5.77. The van der Waals surface area contributed by atoms with E-state index < -0.39 is 0 Å². The summed E-state index contributed by atoms with van der Waals surface area (Å²) in [5.74, 6) is 0.104. The van der Waals surface area contributed by atoms with Gasteiger partial charge in [-0.25, -0.2) is 0 Å². The minimum atomic E-state index is 0.104. The topological polar surface area (TPSA) is 61.4 Å². The molecule has 90 valence electrons. The van der Waals surface area contributed by atoms with E-state index in [1.807, 2.05) is 0 Å². The Kier molecular flexibility index (Phi) is 9.52. The molecule has 0 aliphatic heterocycles. The lowest BCUT2D eigenvalue weighted by Crippen LogP contribution is -2.31. The molecule has 0 saturated heterocycles. The molecule has 0 fully saturated rings. The van der Waals surface area contributed by atoms with Crippen molar-refractivity contribution in [2.24, 2.45) is 0 Å². The molecular formula is C11H24N2O2. The van der Waals surface area contributed by atoms with Crippen LogP contribution in [0.2, 0.25) is 0 Å². The van der Waals surface area contributed by atoms with Crippen molar-refractivity contribution in [1.82, 2.24) is 10.6 Å². The van der Waals surface area contributed by atoms with Crippen LogP contribution in [0.5, 0.6) is 0 Å².